The topological polar surface area (TPSA) is 9.23 Å². The van der Waals surface area contributed by atoms with Gasteiger partial charge in [0.1, 0.15) is 5.75 Å². The maximum absolute atomic E-state index is 6.06. The minimum Gasteiger partial charge on any atom is -0.494 e. The molecule has 0 fully saturated rings. The lowest BCUT2D eigenvalue weighted by Gasteiger charge is -2.16. The highest BCUT2D eigenvalue weighted by Crippen LogP contribution is 2.47. The standard InChI is InChI=1S/C29H34O/c1-21(2)9-8-10-22(3)19-20-30-24-17-15-23(16-18-24)29-27-13-6-4-11-25(27)26-12-5-7-14-28(26)29/h4-7,11-18,21-22,29H,8-10,19-20H2,1-3H3. The quantitative estimate of drug-likeness (QED) is 0.277. The number of hydrogen-bond donors (Lipinski definition) is 0. The van der Waals surface area contributed by atoms with Crippen LogP contribution in [0.25, 0.3) is 11.1 Å². The second-order valence-corrected chi connectivity index (χ2v) is 9.24. The van der Waals surface area contributed by atoms with E-state index in [2.05, 4.69) is 93.6 Å². The van der Waals surface area contributed by atoms with Gasteiger partial charge < -0.3 is 4.74 Å². The lowest BCUT2D eigenvalue weighted by atomic mass is 9.89. The van der Waals surface area contributed by atoms with E-state index < -0.39 is 0 Å². The van der Waals surface area contributed by atoms with Crippen LogP contribution in [0.1, 0.15) is 69.1 Å². The van der Waals surface area contributed by atoms with Gasteiger partial charge in [-0.05, 0) is 58.2 Å². The van der Waals surface area contributed by atoms with Crippen LogP contribution in [0.15, 0.2) is 72.8 Å². The Morgan fingerprint density at radius 2 is 1.30 bits per heavy atom. The summed E-state index contributed by atoms with van der Waals surface area (Å²) >= 11 is 0. The third-order valence-electron chi connectivity index (χ3n) is 6.40. The Hall–Kier alpha value is -2.54. The fourth-order valence-electron chi connectivity index (χ4n) is 4.67. The van der Waals surface area contributed by atoms with Gasteiger partial charge in [0.05, 0.1) is 6.61 Å². The molecule has 0 aromatic heterocycles. The Labute approximate surface area is 182 Å². The number of hydrogen-bond acceptors (Lipinski definition) is 1. The van der Waals surface area contributed by atoms with E-state index in [9.17, 15) is 0 Å². The zero-order valence-corrected chi connectivity index (χ0v) is 18.6. The number of ether oxygens (including phenoxy) is 1. The Morgan fingerprint density at radius 3 is 1.90 bits per heavy atom. The van der Waals surface area contributed by atoms with Crippen LogP contribution < -0.4 is 4.74 Å². The Balaban J connectivity index is 1.39. The molecule has 0 radical (unpaired) electrons. The van der Waals surface area contributed by atoms with Crippen LogP contribution >= 0.6 is 0 Å². The summed E-state index contributed by atoms with van der Waals surface area (Å²) < 4.78 is 6.06. The van der Waals surface area contributed by atoms with Crippen LogP contribution in [0.5, 0.6) is 5.75 Å². The SMILES string of the molecule is CC(C)CCCC(C)CCOc1ccc(C2c3ccccc3-c3ccccc32)cc1. The van der Waals surface area contributed by atoms with Gasteiger partial charge >= 0.3 is 0 Å². The van der Waals surface area contributed by atoms with Gasteiger partial charge in [-0.3, -0.25) is 0 Å². The van der Waals surface area contributed by atoms with E-state index in [1.807, 2.05) is 0 Å². The first-order chi connectivity index (χ1) is 14.6. The van der Waals surface area contributed by atoms with Crippen molar-refractivity contribution in [3.8, 4) is 16.9 Å². The van der Waals surface area contributed by atoms with Gasteiger partial charge in [-0.25, -0.2) is 0 Å². The number of fused-ring (bicyclic) bond motifs is 3. The predicted octanol–water partition coefficient (Wildman–Crippen LogP) is 8.08. The van der Waals surface area contributed by atoms with E-state index in [0.717, 1.165) is 30.6 Å². The molecule has 3 aromatic rings. The van der Waals surface area contributed by atoms with Crippen molar-refractivity contribution in [2.45, 2.75) is 52.4 Å². The highest BCUT2D eigenvalue weighted by atomic mass is 16.5. The zero-order chi connectivity index (χ0) is 20.9. The Bertz CT molecular complexity index is 909. The normalized spacial score (nSPS) is 13.9. The molecule has 1 unspecified atom stereocenters. The molecular weight excluding hydrogens is 364 g/mol. The molecule has 0 N–H and O–H groups in total. The minimum absolute atomic E-state index is 0.312. The van der Waals surface area contributed by atoms with Crippen molar-refractivity contribution in [2.75, 3.05) is 6.61 Å². The molecule has 4 rings (SSSR count). The maximum atomic E-state index is 6.06. The molecule has 1 atom stereocenters. The molecular formula is C29H34O. The van der Waals surface area contributed by atoms with Crippen molar-refractivity contribution in [1.29, 1.82) is 0 Å². The van der Waals surface area contributed by atoms with Gasteiger partial charge in [0.15, 0.2) is 0 Å². The zero-order valence-electron chi connectivity index (χ0n) is 18.6. The van der Waals surface area contributed by atoms with Crippen molar-refractivity contribution in [3.63, 3.8) is 0 Å². The average molecular weight is 399 g/mol. The predicted molar refractivity (Wildman–Crippen MR) is 127 cm³/mol. The van der Waals surface area contributed by atoms with Gasteiger partial charge in [0, 0.05) is 5.92 Å². The summed E-state index contributed by atoms with van der Waals surface area (Å²) in [5.74, 6) is 2.83. The van der Waals surface area contributed by atoms with Crippen molar-refractivity contribution in [3.05, 3.63) is 89.5 Å². The fraction of sp³-hybridized carbons (Fsp3) is 0.379. The van der Waals surface area contributed by atoms with Gasteiger partial charge in [-0.1, -0.05) is 101 Å². The first-order valence-electron chi connectivity index (χ1n) is 11.5. The van der Waals surface area contributed by atoms with Crippen molar-refractivity contribution >= 4 is 0 Å². The summed E-state index contributed by atoms with van der Waals surface area (Å²) in [6.45, 7) is 7.76. The van der Waals surface area contributed by atoms with Gasteiger partial charge in [-0.15, -0.1) is 0 Å². The minimum atomic E-state index is 0.312. The van der Waals surface area contributed by atoms with Crippen molar-refractivity contribution < 1.29 is 4.74 Å². The number of rotatable bonds is 9. The summed E-state index contributed by atoms with van der Waals surface area (Å²) in [7, 11) is 0. The lowest BCUT2D eigenvalue weighted by molar-refractivity contribution is 0.275. The summed E-state index contributed by atoms with van der Waals surface area (Å²) in [6, 6.07) is 26.4. The molecule has 30 heavy (non-hydrogen) atoms. The van der Waals surface area contributed by atoms with Crippen molar-refractivity contribution in [2.24, 2.45) is 11.8 Å². The third kappa shape index (κ3) is 4.61. The second-order valence-electron chi connectivity index (χ2n) is 9.24. The first kappa shape index (κ1) is 20.7. The molecule has 1 aliphatic rings. The van der Waals surface area contributed by atoms with E-state index in [1.165, 1.54) is 47.1 Å². The highest BCUT2D eigenvalue weighted by Gasteiger charge is 2.29. The molecule has 0 saturated heterocycles. The van der Waals surface area contributed by atoms with Crippen LogP contribution in [0, 0.1) is 11.8 Å². The van der Waals surface area contributed by atoms with E-state index >= 15 is 0 Å². The second kappa shape index (κ2) is 9.51. The van der Waals surface area contributed by atoms with Crippen LogP contribution in [-0.4, -0.2) is 6.61 Å². The molecule has 0 heterocycles. The Morgan fingerprint density at radius 1 is 0.700 bits per heavy atom. The van der Waals surface area contributed by atoms with E-state index in [-0.39, 0.29) is 0 Å². The molecule has 1 aliphatic carbocycles. The van der Waals surface area contributed by atoms with Gasteiger partial charge in [0.2, 0.25) is 0 Å². The molecule has 0 spiro atoms. The molecule has 3 aromatic carbocycles. The van der Waals surface area contributed by atoms with E-state index in [4.69, 9.17) is 4.74 Å². The van der Waals surface area contributed by atoms with Crippen LogP contribution in [0.3, 0.4) is 0 Å². The fourth-order valence-corrected chi connectivity index (χ4v) is 4.67. The van der Waals surface area contributed by atoms with E-state index in [1.54, 1.807) is 0 Å². The van der Waals surface area contributed by atoms with Crippen LogP contribution in [-0.2, 0) is 0 Å². The van der Waals surface area contributed by atoms with Crippen LogP contribution in [0.4, 0.5) is 0 Å². The molecule has 156 valence electrons. The van der Waals surface area contributed by atoms with Gasteiger partial charge in [0.25, 0.3) is 0 Å². The first-order valence-corrected chi connectivity index (χ1v) is 11.5. The largest absolute Gasteiger partial charge is 0.494 e. The molecule has 0 saturated carbocycles. The van der Waals surface area contributed by atoms with E-state index in [0.29, 0.717) is 5.92 Å². The molecule has 1 nitrogen and oxygen atoms in total. The summed E-state index contributed by atoms with van der Waals surface area (Å²) in [4.78, 5) is 0. The summed E-state index contributed by atoms with van der Waals surface area (Å²) in [5, 5.41) is 0. The maximum Gasteiger partial charge on any atom is 0.119 e. The monoisotopic (exact) mass is 398 g/mol. The number of benzene rings is 3. The van der Waals surface area contributed by atoms with Gasteiger partial charge in [-0.2, -0.15) is 0 Å². The smallest absolute Gasteiger partial charge is 0.119 e. The molecule has 1 heteroatoms. The summed E-state index contributed by atoms with van der Waals surface area (Å²) in [5.41, 5.74) is 6.88. The Kier molecular flexibility index (Phi) is 6.57. The lowest BCUT2D eigenvalue weighted by Crippen LogP contribution is -2.05. The summed E-state index contributed by atoms with van der Waals surface area (Å²) in [6.07, 6.45) is 5.10. The highest BCUT2D eigenvalue weighted by molar-refractivity contribution is 5.80. The molecule has 0 amide bonds. The molecule has 0 aliphatic heterocycles. The molecule has 0 bridgehead atoms. The van der Waals surface area contributed by atoms with Crippen LogP contribution in [0.2, 0.25) is 0 Å². The average Bonchev–Trinajstić information content (AvgIpc) is 3.09. The third-order valence-corrected chi connectivity index (χ3v) is 6.40. The van der Waals surface area contributed by atoms with Crippen molar-refractivity contribution in [1.82, 2.24) is 0 Å².